The van der Waals surface area contributed by atoms with Crippen LogP contribution in [0.3, 0.4) is 0 Å². The van der Waals surface area contributed by atoms with Crippen LogP contribution in [-0.2, 0) is 13.6 Å². The Hall–Kier alpha value is -2.22. The van der Waals surface area contributed by atoms with Crippen LogP contribution < -0.4 is 0 Å². The molecule has 3 rings (SSSR count). The Bertz CT molecular complexity index is 639. The van der Waals surface area contributed by atoms with Crippen molar-refractivity contribution < 1.29 is 4.79 Å². The number of piperazine rings is 1. The maximum absolute atomic E-state index is 12.3. The first-order valence-corrected chi connectivity index (χ1v) is 7.49. The summed E-state index contributed by atoms with van der Waals surface area (Å²) in [5.74, 6) is 1.01. The SMILES string of the molecule is Cc1nccn1CCN1CCN(C(=O)c2cn(C)nn2)CC1. The lowest BCUT2D eigenvalue weighted by Gasteiger charge is -2.34. The van der Waals surface area contributed by atoms with Crippen molar-refractivity contribution in [2.45, 2.75) is 13.5 Å². The van der Waals surface area contributed by atoms with E-state index in [0.29, 0.717) is 5.69 Å². The predicted molar refractivity (Wildman–Crippen MR) is 80.3 cm³/mol. The average molecular weight is 303 g/mol. The normalized spacial score (nSPS) is 16.2. The maximum Gasteiger partial charge on any atom is 0.276 e. The topological polar surface area (TPSA) is 72.1 Å². The third kappa shape index (κ3) is 3.16. The Kier molecular flexibility index (Phi) is 4.19. The number of amides is 1. The van der Waals surface area contributed by atoms with Gasteiger partial charge in [0.05, 0.1) is 6.20 Å². The molecule has 0 bridgehead atoms. The number of hydrogen-bond donors (Lipinski definition) is 0. The molecule has 0 radical (unpaired) electrons. The Morgan fingerprint density at radius 1 is 1.23 bits per heavy atom. The second-order valence-electron chi connectivity index (χ2n) is 5.58. The summed E-state index contributed by atoms with van der Waals surface area (Å²) in [5, 5.41) is 7.70. The average Bonchev–Trinajstić information content (AvgIpc) is 3.13. The zero-order chi connectivity index (χ0) is 15.5. The molecule has 0 spiro atoms. The lowest BCUT2D eigenvalue weighted by atomic mass is 10.3. The van der Waals surface area contributed by atoms with Crippen molar-refractivity contribution in [1.29, 1.82) is 0 Å². The summed E-state index contributed by atoms with van der Waals surface area (Å²) in [6, 6.07) is 0. The van der Waals surface area contributed by atoms with E-state index >= 15 is 0 Å². The van der Waals surface area contributed by atoms with E-state index in [9.17, 15) is 4.79 Å². The Morgan fingerprint density at radius 3 is 2.59 bits per heavy atom. The highest BCUT2D eigenvalue weighted by molar-refractivity contribution is 5.92. The molecule has 8 heteroatoms. The Labute approximate surface area is 129 Å². The van der Waals surface area contributed by atoms with Gasteiger partial charge in [0.15, 0.2) is 5.69 Å². The first-order chi connectivity index (χ1) is 10.6. The number of carbonyl (C=O) groups excluding carboxylic acids is 1. The van der Waals surface area contributed by atoms with Gasteiger partial charge in [0.2, 0.25) is 0 Å². The number of imidazole rings is 1. The number of rotatable bonds is 4. The van der Waals surface area contributed by atoms with E-state index in [-0.39, 0.29) is 5.91 Å². The largest absolute Gasteiger partial charge is 0.335 e. The predicted octanol–water partition coefficient (Wildman–Crippen LogP) is -0.222. The molecule has 118 valence electrons. The molecule has 1 aliphatic heterocycles. The monoisotopic (exact) mass is 303 g/mol. The first-order valence-electron chi connectivity index (χ1n) is 7.49. The van der Waals surface area contributed by atoms with E-state index in [1.54, 1.807) is 17.9 Å². The van der Waals surface area contributed by atoms with Gasteiger partial charge in [0.25, 0.3) is 5.91 Å². The molecule has 2 aromatic heterocycles. The molecule has 1 amide bonds. The number of aryl methyl sites for hydroxylation is 2. The second kappa shape index (κ2) is 6.27. The minimum atomic E-state index is -0.0294. The van der Waals surface area contributed by atoms with E-state index in [0.717, 1.165) is 45.1 Å². The second-order valence-corrected chi connectivity index (χ2v) is 5.58. The van der Waals surface area contributed by atoms with Crippen LogP contribution in [0.5, 0.6) is 0 Å². The van der Waals surface area contributed by atoms with Gasteiger partial charge in [-0.05, 0) is 6.92 Å². The molecule has 0 saturated carbocycles. The number of nitrogens with zero attached hydrogens (tertiary/aromatic N) is 7. The van der Waals surface area contributed by atoms with Gasteiger partial charge in [-0.15, -0.1) is 5.10 Å². The van der Waals surface area contributed by atoms with E-state index in [4.69, 9.17) is 0 Å². The highest BCUT2D eigenvalue weighted by atomic mass is 16.2. The minimum absolute atomic E-state index is 0.0294. The van der Waals surface area contributed by atoms with E-state index in [2.05, 4.69) is 24.8 Å². The van der Waals surface area contributed by atoms with Gasteiger partial charge >= 0.3 is 0 Å². The summed E-state index contributed by atoms with van der Waals surface area (Å²) in [5.41, 5.74) is 0.421. The molecule has 2 aromatic rings. The molecule has 8 nitrogen and oxygen atoms in total. The molecule has 0 aromatic carbocycles. The highest BCUT2D eigenvalue weighted by Gasteiger charge is 2.23. The molecule has 0 N–H and O–H groups in total. The smallest absolute Gasteiger partial charge is 0.276 e. The fraction of sp³-hybridized carbons (Fsp3) is 0.571. The van der Waals surface area contributed by atoms with Gasteiger partial charge in [-0.2, -0.15) is 0 Å². The van der Waals surface area contributed by atoms with E-state index in [1.165, 1.54) is 0 Å². The fourth-order valence-corrected chi connectivity index (χ4v) is 2.67. The quantitative estimate of drug-likeness (QED) is 0.781. The molecule has 0 unspecified atom stereocenters. The van der Waals surface area contributed by atoms with Gasteiger partial charge < -0.3 is 9.47 Å². The standard InChI is InChI=1S/C14H21N7O/c1-12-15-3-4-20(12)8-5-19-6-9-21(10-7-19)14(22)13-11-18(2)17-16-13/h3-4,11H,5-10H2,1-2H3. The van der Waals surface area contributed by atoms with Crippen LogP contribution in [0.1, 0.15) is 16.3 Å². The zero-order valence-electron chi connectivity index (χ0n) is 13.0. The fourth-order valence-electron chi connectivity index (χ4n) is 2.67. The van der Waals surface area contributed by atoms with Crippen molar-refractivity contribution in [3.05, 3.63) is 30.1 Å². The van der Waals surface area contributed by atoms with Crippen LogP contribution in [0.4, 0.5) is 0 Å². The molecule has 22 heavy (non-hydrogen) atoms. The summed E-state index contributed by atoms with van der Waals surface area (Å²) in [7, 11) is 1.76. The summed E-state index contributed by atoms with van der Waals surface area (Å²) < 4.78 is 3.70. The van der Waals surface area contributed by atoms with Crippen molar-refractivity contribution in [2.24, 2.45) is 7.05 Å². The van der Waals surface area contributed by atoms with Crippen molar-refractivity contribution >= 4 is 5.91 Å². The number of carbonyl (C=O) groups is 1. The lowest BCUT2D eigenvalue weighted by Crippen LogP contribution is -2.49. The minimum Gasteiger partial charge on any atom is -0.335 e. The molecular formula is C14H21N7O. The summed E-state index contributed by atoms with van der Waals surface area (Å²) in [6.45, 7) is 7.17. The van der Waals surface area contributed by atoms with Crippen LogP contribution >= 0.6 is 0 Å². The molecule has 1 fully saturated rings. The van der Waals surface area contributed by atoms with Crippen LogP contribution in [0.25, 0.3) is 0 Å². The first kappa shape index (κ1) is 14.7. The highest BCUT2D eigenvalue weighted by Crippen LogP contribution is 2.07. The van der Waals surface area contributed by atoms with Crippen LogP contribution in [0, 0.1) is 6.92 Å². The van der Waals surface area contributed by atoms with Crippen molar-refractivity contribution in [1.82, 2.24) is 34.3 Å². The van der Waals surface area contributed by atoms with Gasteiger partial charge in [0, 0.05) is 58.7 Å². The third-order valence-corrected chi connectivity index (χ3v) is 4.06. The Morgan fingerprint density at radius 2 is 2.00 bits per heavy atom. The van der Waals surface area contributed by atoms with Crippen LogP contribution in [-0.4, -0.2) is 73.0 Å². The van der Waals surface area contributed by atoms with Crippen LogP contribution in [0.15, 0.2) is 18.6 Å². The van der Waals surface area contributed by atoms with Crippen molar-refractivity contribution in [3.63, 3.8) is 0 Å². The summed E-state index contributed by atoms with van der Waals surface area (Å²) in [6.07, 6.45) is 5.49. The lowest BCUT2D eigenvalue weighted by molar-refractivity contribution is 0.0627. The summed E-state index contributed by atoms with van der Waals surface area (Å²) in [4.78, 5) is 20.7. The zero-order valence-corrected chi connectivity index (χ0v) is 13.0. The van der Waals surface area contributed by atoms with Crippen molar-refractivity contribution in [2.75, 3.05) is 32.7 Å². The van der Waals surface area contributed by atoms with Crippen molar-refractivity contribution in [3.8, 4) is 0 Å². The number of hydrogen-bond acceptors (Lipinski definition) is 5. The molecule has 0 atom stereocenters. The third-order valence-electron chi connectivity index (χ3n) is 4.06. The molecule has 0 aliphatic carbocycles. The summed E-state index contributed by atoms with van der Waals surface area (Å²) >= 11 is 0. The van der Waals surface area contributed by atoms with Gasteiger partial charge in [-0.1, -0.05) is 5.21 Å². The Balaban J connectivity index is 1.48. The maximum atomic E-state index is 12.3. The molecule has 1 aliphatic rings. The molecular weight excluding hydrogens is 282 g/mol. The van der Waals surface area contributed by atoms with E-state index < -0.39 is 0 Å². The van der Waals surface area contributed by atoms with Gasteiger partial charge in [0.1, 0.15) is 5.82 Å². The van der Waals surface area contributed by atoms with E-state index in [1.807, 2.05) is 24.2 Å². The van der Waals surface area contributed by atoms with Gasteiger partial charge in [-0.3, -0.25) is 14.4 Å². The molecule has 1 saturated heterocycles. The van der Waals surface area contributed by atoms with Crippen LogP contribution in [0.2, 0.25) is 0 Å². The van der Waals surface area contributed by atoms with Gasteiger partial charge in [-0.25, -0.2) is 4.98 Å². The number of aromatic nitrogens is 5. The molecule has 3 heterocycles.